The summed E-state index contributed by atoms with van der Waals surface area (Å²) >= 11 is 12.5. The fourth-order valence-corrected chi connectivity index (χ4v) is 6.10. The summed E-state index contributed by atoms with van der Waals surface area (Å²) in [5.74, 6) is -0.399. The molecule has 0 aliphatic heterocycles. The van der Waals surface area contributed by atoms with E-state index in [9.17, 15) is 18.0 Å². The molecule has 226 valence electrons. The van der Waals surface area contributed by atoms with Crippen LogP contribution in [0.25, 0.3) is 0 Å². The second kappa shape index (κ2) is 14.6. The number of benzene rings is 3. The van der Waals surface area contributed by atoms with Crippen LogP contribution in [0.1, 0.15) is 32.8 Å². The zero-order chi connectivity index (χ0) is 31.0. The van der Waals surface area contributed by atoms with Gasteiger partial charge in [0.25, 0.3) is 10.0 Å². The number of sulfonamides is 1. The van der Waals surface area contributed by atoms with Gasteiger partial charge in [-0.05, 0) is 68.3 Å². The maximum absolute atomic E-state index is 14.1. The Morgan fingerprint density at radius 2 is 1.57 bits per heavy atom. The van der Waals surface area contributed by atoms with Gasteiger partial charge >= 0.3 is 0 Å². The summed E-state index contributed by atoms with van der Waals surface area (Å²) < 4.78 is 39.8. The first kappa shape index (κ1) is 33.0. The molecule has 9 nitrogen and oxygen atoms in total. The molecule has 0 aliphatic rings. The van der Waals surface area contributed by atoms with Crippen molar-refractivity contribution < 1.29 is 27.5 Å². The molecule has 0 heterocycles. The second-order valence-corrected chi connectivity index (χ2v) is 12.4. The van der Waals surface area contributed by atoms with Gasteiger partial charge in [-0.15, -0.1) is 0 Å². The molecule has 0 aromatic heterocycles. The zero-order valence-electron chi connectivity index (χ0n) is 24.1. The van der Waals surface area contributed by atoms with Gasteiger partial charge in [-0.25, -0.2) is 8.42 Å². The number of carbonyl (C=O) groups excluding carboxylic acids is 2. The summed E-state index contributed by atoms with van der Waals surface area (Å²) in [5, 5.41) is 3.67. The molecule has 0 saturated heterocycles. The quantitative estimate of drug-likeness (QED) is 0.264. The van der Waals surface area contributed by atoms with Crippen molar-refractivity contribution in [3.05, 3.63) is 82.3 Å². The van der Waals surface area contributed by atoms with E-state index >= 15 is 0 Å². The molecule has 1 atom stereocenters. The Morgan fingerprint density at radius 3 is 2.14 bits per heavy atom. The van der Waals surface area contributed by atoms with Crippen molar-refractivity contribution in [1.29, 1.82) is 0 Å². The summed E-state index contributed by atoms with van der Waals surface area (Å²) in [5.41, 5.74) is 0.823. The van der Waals surface area contributed by atoms with E-state index in [1.165, 1.54) is 61.6 Å². The lowest BCUT2D eigenvalue weighted by Crippen LogP contribution is -2.53. The minimum atomic E-state index is -4.33. The van der Waals surface area contributed by atoms with Crippen LogP contribution in [0.5, 0.6) is 11.5 Å². The number of hydrogen-bond acceptors (Lipinski definition) is 6. The molecule has 1 N–H and O–H groups in total. The highest BCUT2D eigenvalue weighted by molar-refractivity contribution is 7.92. The average molecular weight is 637 g/mol. The molecule has 42 heavy (non-hydrogen) atoms. The number of methoxy groups -OCH3 is 2. The van der Waals surface area contributed by atoms with Crippen molar-refractivity contribution >= 4 is 50.7 Å². The van der Waals surface area contributed by atoms with Crippen molar-refractivity contribution in [2.45, 2.75) is 50.7 Å². The number of rotatable bonds is 13. The summed E-state index contributed by atoms with van der Waals surface area (Å²) in [6.07, 6.45) is 0.290. The predicted octanol–water partition coefficient (Wildman–Crippen LogP) is 5.54. The van der Waals surface area contributed by atoms with Gasteiger partial charge in [-0.3, -0.25) is 13.9 Å². The smallest absolute Gasteiger partial charge is 0.264 e. The van der Waals surface area contributed by atoms with E-state index in [1.807, 2.05) is 13.8 Å². The molecular weight excluding hydrogens is 601 g/mol. The number of halogens is 2. The normalized spacial score (nSPS) is 12.0. The molecule has 0 bridgehead atoms. The Labute approximate surface area is 257 Å². The van der Waals surface area contributed by atoms with Crippen molar-refractivity contribution in [1.82, 2.24) is 10.2 Å². The third-order valence-electron chi connectivity index (χ3n) is 6.45. The highest BCUT2D eigenvalue weighted by Gasteiger charge is 2.34. The molecule has 0 spiro atoms. The highest BCUT2D eigenvalue weighted by atomic mass is 35.5. The summed E-state index contributed by atoms with van der Waals surface area (Å²) in [6.45, 7) is 4.82. The molecule has 3 aromatic rings. The van der Waals surface area contributed by atoms with E-state index in [4.69, 9.17) is 32.7 Å². The Bertz CT molecular complexity index is 1500. The number of ether oxygens (including phenoxy) is 2. The summed E-state index contributed by atoms with van der Waals surface area (Å²) in [6, 6.07) is 16.2. The van der Waals surface area contributed by atoms with Crippen LogP contribution in [0, 0.1) is 0 Å². The molecule has 0 saturated carbocycles. The third kappa shape index (κ3) is 7.87. The lowest BCUT2D eigenvalue weighted by Gasteiger charge is -2.33. The van der Waals surface area contributed by atoms with Gasteiger partial charge in [-0.1, -0.05) is 48.3 Å². The van der Waals surface area contributed by atoms with Crippen LogP contribution in [-0.2, 0) is 26.2 Å². The Morgan fingerprint density at radius 1 is 0.929 bits per heavy atom. The topological polar surface area (TPSA) is 105 Å². The number of anilines is 1. The largest absolute Gasteiger partial charge is 0.493 e. The lowest BCUT2D eigenvalue weighted by atomic mass is 10.1. The minimum Gasteiger partial charge on any atom is -0.493 e. The van der Waals surface area contributed by atoms with Crippen LogP contribution in [0.3, 0.4) is 0 Å². The second-order valence-electron chi connectivity index (χ2n) is 9.71. The molecular formula is C30H35Cl2N3O6S. The minimum absolute atomic E-state index is 0.00655. The van der Waals surface area contributed by atoms with Crippen LogP contribution >= 0.6 is 23.2 Å². The molecule has 0 fully saturated rings. The van der Waals surface area contributed by atoms with E-state index in [-0.39, 0.29) is 41.2 Å². The SMILES string of the molecule is CCC(C(=O)NC(C)C)N(Cc1ccccc1Cl)C(=O)CN(c1ccc(Cl)cc1)S(=O)(=O)c1ccc(OC)c(OC)c1. The van der Waals surface area contributed by atoms with Crippen LogP contribution in [0.2, 0.25) is 10.0 Å². The Hall–Kier alpha value is -3.47. The monoisotopic (exact) mass is 635 g/mol. The first-order chi connectivity index (χ1) is 19.9. The van der Waals surface area contributed by atoms with Crippen molar-refractivity contribution in [2.24, 2.45) is 0 Å². The molecule has 3 aromatic carbocycles. The maximum Gasteiger partial charge on any atom is 0.264 e. The van der Waals surface area contributed by atoms with Crippen LogP contribution in [-0.4, -0.2) is 58.0 Å². The van der Waals surface area contributed by atoms with E-state index in [0.29, 0.717) is 21.4 Å². The Kier molecular flexibility index (Phi) is 11.5. The van der Waals surface area contributed by atoms with E-state index < -0.39 is 28.5 Å². The van der Waals surface area contributed by atoms with Gasteiger partial charge in [0.15, 0.2) is 11.5 Å². The van der Waals surface area contributed by atoms with E-state index in [0.717, 1.165) is 4.31 Å². The molecule has 0 radical (unpaired) electrons. The molecule has 3 rings (SSSR count). The first-order valence-corrected chi connectivity index (χ1v) is 15.5. The predicted molar refractivity (Wildman–Crippen MR) is 165 cm³/mol. The van der Waals surface area contributed by atoms with Gasteiger partial charge in [-0.2, -0.15) is 0 Å². The lowest BCUT2D eigenvalue weighted by molar-refractivity contribution is -0.140. The fraction of sp³-hybridized carbons (Fsp3) is 0.333. The van der Waals surface area contributed by atoms with Crippen LogP contribution < -0.4 is 19.1 Å². The van der Waals surface area contributed by atoms with Crippen molar-refractivity contribution in [3.63, 3.8) is 0 Å². The van der Waals surface area contributed by atoms with Crippen LogP contribution in [0.4, 0.5) is 5.69 Å². The number of nitrogens with one attached hydrogen (secondary N) is 1. The van der Waals surface area contributed by atoms with Gasteiger partial charge in [0, 0.05) is 28.7 Å². The molecule has 1 unspecified atom stereocenters. The zero-order valence-corrected chi connectivity index (χ0v) is 26.5. The highest BCUT2D eigenvalue weighted by Crippen LogP contribution is 2.33. The Balaban J connectivity index is 2.11. The van der Waals surface area contributed by atoms with Crippen LogP contribution in [0.15, 0.2) is 71.6 Å². The van der Waals surface area contributed by atoms with E-state index in [2.05, 4.69) is 5.32 Å². The van der Waals surface area contributed by atoms with Gasteiger partial charge in [0.05, 0.1) is 24.8 Å². The third-order valence-corrected chi connectivity index (χ3v) is 8.84. The summed E-state index contributed by atoms with van der Waals surface area (Å²) in [4.78, 5) is 28.6. The molecule has 2 amide bonds. The van der Waals surface area contributed by atoms with E-state index in [1.54, 1.807) is 31.2 Å². The molecule has 12 heteroatoms. The van der Waals surface area contributed by atoms with Crippen molar-refractivity contribution in [2.75, 3.05) is 25.1 Å². The summed E-state index contributed by atoms with van der Waals surface area (Å²) in [7, 11) is -1.49. The average Bonchev–Trinajstić information content (AvgIpc) is 2.96. The standard InChI is InChI=1S/C30H35Cl2N3O6S/c1-6-26(30(37)33-20(2)3)34(18-21-9-7-8-10-25(21)32)29(36)19-35(23-13-11-22(31)12-14-23)42(38,39)24-15-16-27(40-4)28(17-24)41-5/h7-17,20,26H,6,18-19H2,1-5H3,(H,33,37). The number of carbonyl (C=O) groups is 2. The molecule has 0 aliphatic carbocycles. The number of nitrogens with zero attached hydrogens (tertiary/aromatic N) is 2. The first-order valence-electron chi connectivity index (χ1n) is 13.3. The van der Waals surface area contributed by atoms with Crippen molar-refractivity contribution in [3.8, 4) is 11.5 Å². The van der Waals surface area contributed by atoms with Gasteiger partial charge < -0.3 is 19.7 Å². The fourth-order valence-electron chi connectivity index (χ4n) is 4.35. The van der Waals surface area contributed by atoms with Gasteiger partial charge in [0.1, 0.15) is 12.6 Å². The maximum atomic E-state index is 14.1. The number of hydrogen-bond donors (Lipinski definition) is 1. The number of amides is 2. The van der Waals surface area contributed by atoms with Gasteiger partial charge in [0.2, 0.25) is 11.8 Å².